The van der Waals surface area contributed by atoms with Crippen LogP contribution in [0, 0.1) is 6.92 Å². The fourth-order valence-corrected chi connectivity index (χ4v) is 3.42. The Morgan fingerprint density at radius 2 is 2.10 bits per heavy atom. The molecule has 3 aromatic rings. The number of aliphatic hydroxyl groups excluding tert-OH is 1. The third-order valence-electron chi connectivity index (χ3n) is 4.79. The molecule has 1 aliphatic rings. The highest BCUT2D eigenvalue weighted by atomic mass is 35.5. The molecule has 30 heavy (non-hydrogen) atoms. The van der Waals surface area contributed by atoms with Gasteiger partial charge in [0.1, 0.15) is 6.61 Å². The van der Waals surface area contributed by atoms with Crippen molar-refractivity contribution < 1.29 is 14.3 Å². The zero-order valence-electron chi connectivity index (χ0n) is 16.3. The van der Waals surface area contributed by atoms with Crippen LogP contribution in [0.15, 0.2) is 47.0 Å². The highest BCUT2D eigenvalue weighted by molar-refractivity contribution is 6.32. The zero-order chi connectivity index (χ0) is 21.1. The number of aryl methyl sites for hydroxylation is 1. The van der Waals surface area contributed by atoms with Gasteiger partial charge in [0, 0.05) is 25.0 Å². The minimum atomic E-state index is -0.326. The summed E-state index contributed by atoms with van der Waals surface area (Å²) in [6, 6.07) is 9.25. The lowest BCUT2D eigenvalue weighted by molar-refractivity contribution is 0.217. The molecule has 4 rings (SSSR count). The average molecular weight is 426 g/mol. The van der Waals surface area contributed by atoms with Crippen LogP contribution >= 0.6 is 11.6 Å². The molecule has 0 bridgehead atoms. The summed E-state index contributed by atoms with van der Waals surface area (Å²) in [6.07, 6.45) is 4.21. The first-order valence-corrected chi connectivity index (χ1v) is 9.82. The number of anilines is 1. The van der Waals surface area contributed by atoms with Gasteiger partial charge < -0.3 is 19.7 Å². The van der Waals surface area contributed by atoms with Crippen molar-refractivity contribution in [1.82, 2.24) is 20.1 Å². The fourth-order valence-electron chi connectivity index (χ4n) is 3.13. The zero-order valence-corrected chi connectivity index (χ0v) is 17.1. The number of hydrogen-bond donors (Lipinski definition) is 2. The SMILES string of the molecule is Cc1ccc(NC(=O)N2CC=C(c3ncc(-c4nnc(CO)o4)cc3Cl)CC2)cc1. The van der Waals surface area contributed by atoms with Crippen molar-refractivity contribution in [2.75, 3.05) is 18.4 Å². The Morgan fingerprint density at radius 1 is 1.30 bits per heavy atom. The van der Waals surface area contributed by atoms with Gasteiger partial charge in [0.25, 0.3) is 0 Å². The number of aromatic nitrogens is 3. The van der Waals surface area contributed by atoms with Gasteiger partial charge in [-0.2, -0.15) is 0 Å². The van der Waals surface area contributed by atoms with Gasteiger partial charge in [-0.25, -0.2) is 4.79 Å². The van der Waals surface area contributed by atoms with Crippen LogP contribution < -0.4 is 5.32 Å². The van der Waals surface area contributed by atoms with Crippen LogP contribution in [0.5, 0.6) is 0 Å². The molecule has 0 saturated heterocycles. The third kappa shape index (κ3) is 4.34. The monoisotopic (exact) mass is 425 g/mol. The maximum absolute atomic E-state index is 12.5. The predicted molar refractivity (Wildman–Crippen MR) is 113 cm³/mol. The molecule has 0 atom stereocenters. The number of carbonyl (C=O) groups excluding carboxylic acids is 1. The molecule has 0 unspecified atom stereocenters. The van der Waals surface area contributed by atoms with Gasteiger partial charge in [-0.3, -0.25) is 4.98 Å². The molecule has 0 fully saturated rings. The lowest BCUT2D eigenvalue weighted by Crippen LogP contribution is -2.37. The Hall–Kier alpha value is -3.23. The van der Waals surface area contributed by atoms with Crippen molar-refractivity contribution in [2.45, 2.75) is 20.0 Å². The molecule has 2 aromatic heterocycles. The van der Waals surface area contributed by atoms with Crippen LogP contribution in [-0.2, 0) is 6.61 Å². The van der Waals surface area contributed by atoms with Crippen LogP contribution in [0.25, 0.3) is 17.0 Å². The predicted octanol–water partition coefficient (Wildman–Crippen LogP) is 3.91. The largest absolute Gasteiger partial charge is 0.418 e. The van der Waals surface area contributed by atoms with E-state index in [1.807, 2.05) is 37.3 Å². The highest BCUT2D eigenvalue weighted by Gasteiger charge is 2.20. The lowest BCUT2D eigenvalue weighted by atomic mass is 10.0. The summed E-state index contributed by atoms with van der Waals surface area (Å²) in [5, 5.41) is 20.0. The summed E-state index contributed by atoms with van der Waals surface area (Å²) in [4.78, 5) is 18.7. The second-order valence-electron chi connectivity index (χ2n) is 6.94. The van der Waals surface area contributed by atoms with Crippen molar-refractivity contribution in [3.8, 4) is 11.5 Å². The van der Waals surface area contributed by atoms with E-state index in [0.717, 1.165) is 16.8 Å². The maximum Gasteiger partial charge on any atom is 0.322 e. The first kappa shape index (κ1) is 20.1. The van der Waals surface area contributed by atoms with E-state index in [0.29, 0.717) is 35.8 Å². The van der Waals surface area contributed by atoms with Crippen molar-refractivity contribution in [3.05, 3.63) is 64.8 Å². The quantitative estimate of drug-likeness (QED) is 0.656. The minimum Gasteiger partial charge on any atom is -0.418 e. The van der Waals surface area contributed by atoms with Gasteiger partial charge in [0.05, 0.1) is 16.3 Å². The summed E-state index contributed by atoms with van der Waals surface area (Å²) < 4.78 is 5.32. The van der Waals surface area contributed by atoms with Crippen LogP contribution in [0.1, 0.15) is 23.6 Å². The molecule has 2 N–H and O–H groups in total. The smallest absolute Gasteiger partial charge is 0.322 e. The van der Waals surface area contributed by atoms with Gasteiger partial charge in [0.15, 0.2) is 0 Å². The van der Waals surface area contributed by atoms with E-state index in [-0.39, 0.29) is 24.4 Å². The molecule has 154 valence electrons. The van der Waals surface area contributed by atoms with Gasteiger partial charge in [-0.05, 0) is 37.1 Å². The van der Waals surface area contributed by atoms with E-state index in [4.69, 9.17) is 21.1 Å². The molecule has 3 heterocycles. The number of hydrogen-bond acceptors (Lipinski definition) is 6. The number of carbonyl (C=O) groups is 1. The first-order chi connectivity index (χ1) is 14.5. The van der Waals surface area contributed by atoms with Crippen LogP contribution in [-0.4, -0.2) is 44.3 Å². The number of pyridine rings is 1. The normalized spacial score (nSPS) is 13.8. The summed E-state index contributed by atoms with van der Waals surface area (Å²) in [5.41, 5.74) is 4.13. The van der Waals surface area contributed by atoms with Crippen molar-refractivity contribution in [1.29, 1.82) is 0 Å². The molecular weight excluding hydrogens is 406 g/mol. The number of nitrogens with zero attached hydrogens (tertiary/aromatic N) is 4. The minimum absolute atomic E-state index is 0.129. The Bertz CT molecular complexity index is 1090. The summed E-state index contributed by atoms with van der Waals surface area (Å²) >= 11 is 6.44. The van der Waals surface area contributed by atoms with Gasteiger partial charge >= 0.3 is 6.03 Å². The standard InChI is InChI=1S/C21H20ClN5O3/c1-13-2-4-16(5-3-13)24-21(29)27-8-6-14(7-9-27)19-17(22)10-15(11-23-19)20-26-25-18(12-28)30-20/h2-6,10-11,28H,7-9,12H2,1H3,(H,24,29). The Labute approximate surface area is 178 Å². The number of aliphatic hydroxyl groups is 1. The number of amides is 2. The number of rotatable bonds is 4. The molecule has 1 aliphatic heterocycles. The van der Waals surface area contributed by atoms with E-state index >= 15 is 0 Å². The molecule has 0 spiro atoms. The third-order valence-corrected chi connectivity index (χ3v) is 5.08. The molecule has 1 aromatic carbocycles. The van der Waals surface area contributed by atoms with E-state index in [1.165, 1.54) is 0 Å². The molecule has 0 aliphatic carbocycles. The van der Waals surface area contributed by atoms with Crippen LogP contribution in [0.3, 0.4) is 0 Å². The number of benzene rings is 1. The van der Waals surface area contributed by atoms with Gasteiger partial charge in [-0.15, -0.1) is 10.2 Å². The highest BCUT2D eigenvalue weighted by Crippen LogP contribution is 2.30. The molecular formula is C21H20ClN5O3. The van der Waals surface area contributed by atoms with Gasteiger partial charge in [0.2, 0.25) is 11.8 Å². The molecule has 9 heteroatoms. The fraction of sp³-hybridized carbons (Fsp3) is 0.238. The molecule has 0 radical (unpaired) electrons. The summed E-state index contributed by atoms with van der Waals surface area (Å²) in [6.45, 7) is 2.71. The molecule has 8 nitrogen and oxygen atoms in total. The maximum atomic E-state index is 12.5. The van der Waals surface area contributed by atoms with Crippen molar-refractivity contribution >= 4 is 28.9 Å². The van der Waals surface area contributed by atoms with Crippen molar-refractivity contribution in [2.24, 2.45) is 0 Å². The first-order valence-electron chi connectivity index (χ1n) is 9.44. The number of halogens is 1. The lowest BCUT2D eigenvalue weighted by Gasteiger charge is -2.26. The Morgan fingerprint density at radius 3 is 2.73 bits per heavy atom. The van der Waals surface area contributed by atoms with Crippen LogP contribution in [0.2, 0.25) is 5.02 Å². The Balaban J connectivity index is 1.43. The topological polar surface area (TPSA) is 104 Å². The van der Waals surface area contributed by atoms with Crippen molar-refractivity contribution in [3.63, 3.8) is 0 Å². The van der Waals surface area contributed by atoms with E-state index in [9.17, 15) is 4.79 Å². The van der Waals surface area contributed by atoms with E-state index in [2.05, 4.69) is 20.5 Å². The average Bonchev–Trinajstić information content (AvgIpc) is 3.25. The Kier molecular flexibility index (Phi) is 5.78. The summed E-state index contributed by atoms with van der Waals surface area (Å²) in [5.74, 6) is 0.376. The number of nitrogens with one attached hydrogen (secondary N) is 1. The van der Waals surface area contributed by atoms with Gasteiger partial charge in [-0.1, -0.05) is 35.4 Å². The van der Waals surface area contributed by atoms with E-state index in [1.54, 1.807) is 17.2 Å². The molecule has 0 saturated carbocycles. The second-order valence-corrected chi connectivity index (χ2v) is 7.34. The number of urea groups is 1. The van der Waals surface area contributed by atoms with E-state index < -0.39 is 0 Å². The summed E-state index contributed by atoms with van der Waals surface area (Å²) in [7, 11) is 0. The second kappa shape index (κ2) is 8.64. The van der Waals surface area contributed by atoms with Crippen LogP contribution in [0.4, 0.5) is 10.5 Å². The molecule has 2 amide bonds.